The monoisotopic (exact) mass is 541 g/mol. The molecule has 8 nitrogen and oxygen atoms in total. The standard InChI is InChI=1S/C28H30F3N5O3/c1-17-2-3-21(15-25(32)37)20(14-17)6-9-24-23(28(29,30)31)16-33-26(35-24)34-22-7-4-18(5-8-22)19-10-12-36(13-11-19)27(38)39/h2-5,7-8,14,16,19H,6,9-13,15H2,1H3,(H2,32,37)(H,38,39)(H,33,34,35). The van der Waals surface area contributed by atoms with Crippen LogP contribution in [0.1, 0.15) is 52.3 Å². The van der Waals surface area contributed by atoms with Gasteiger partial charge in [-0.2, -0.15) is 13.2 Å². The Morgan fingerprint density at radius 3 is 2.38 bits per heavy atom. The second-order valence-electron chi connectivity index (χ2n) is 9.76. The van der Waals surface area contributed by atoms with Gasteiger partial charge in [-0.05, 0) is 67.3 Å². The van der Waals surface area contributed by atoms with Crippen molar-refractivity contribution in [2.45, 2.75) is 51.1 Å². The van der Waals surface area contributed by atoms with Gasteiger partial charge in [0.25, 0.3) is 0 Å². The molecule has 1 saturated heterocycles. The fraction of sp³-hybridized carbons (Fsp3) is 0.357. The number of nitrogens with one attached hydrogen (secondary N) is 1. The highest BCUT2D eigenvalue weighted by molar-refractivity contribution is 5.77. The molecule has 0 radical (unpaired) electrons. The molecule has 4 N–H and O–H groups in total. The minimum Gasteiger partial charge on any atom is -0.465 e. The number of primary amides is 1. The first kappa shape index (κ1) is 27.9. The lowest BCUT2D eigenvalue weighted by molar-refractivity contribution is -0.138. The normalized spacial score (nSPS) is 14.3. The Morgan fingerprint density at radius 1 is 1.08 bits per heavy atom. The third-order valence-corrected chi connectivity index (χ3v) is 6.93. The van der Waals surface area contributed by atoms with E-state index < -0.39 is 23.7 Å². The van der Waals surface area contributed by atoms with Gasteiger partial charge < -0.3 is 21.1 Å². The highest BCUT2D eigenvalue weighted by Crippen LogP contribution is 2.33. The van der Waals surface area contributed by atoms with Crippen LogP contribution in [0.25, 0.3) is 0 Å². The molecule has 1 aromatic heterocycles. The minimum absolute atomic E-state index is 0.00473. The van der Waals surface area contributed by atoms with Crippen LogP contribution in [-0.2, 0) is 30.2 Å². The van der Waals surface area contributed by atoms with Gasteiger partial charge in [0.1, 0.15) is 0 Å². The zero-order chi connectivity index (χ0) is 28.2. The number of alkyl halides is 3. The van der Waals surface area contributed by atoms with Gasteiger partial charge in [-0.3, -0.25) is 4.79 Å². The maximum absolute atomic E-state index is 13.7. The van der Waals surface area contributed by atoms with E-state index >= 15 is 0 Å². The smallest absolute Gasteiger partial charge is 0.419 e. The van der Waals surface area contributed by atoms with Crippen LogP contribution in [0.2, 0.25) is 0 Å². The second-order valence-corrected chi connectivity index (χ2v) is 9.76. The number of rotatable bonds is 8. The molecule has 2 amide bonds. The Morgan fingerprint density at radius 2 is 1.77 bits per heavy atom. The van der Waals surface area contributed by atoms with E-state index in [0.717, 1.165) is 35.7 Å². The molecule has 0 atom stereocenters. The van der Waals surface area contributed by atoms with Gasteiger partial charge in [-0.25, -0.2) is 14.8 Å². The average Bonchev–Trinajstić information content (AvgIpc) is 2.88. The number of carbonyl (C=O) groups is 2. The van der Waals surface area contributed by atoms with E-state index in [-0.39, 0.29) is 36.8 Å². The molecule has 206 valence electrons. The molecule has 4 rings (SSSR count). The molecule has 2 aromatic carbocycles. The summed E-state index contributed by atoms with van der Waals surface area (Å²) in [5.74, 6) is -0.229. The van der Waals surface area contributed by atoms with Crippen LogP contribution in [0.5, 0.6) is 0 Å². The Balaban J connectivity index is 1.49. The second kappa shape index (κ2) is 11.7. The van der Waals surface area contributed by atoms with Gasteiger partial charge in [-0.1, -0.05) is 35.9 Å². The highest BCUT2D eigenvalue weighted by Gasteiger charge is 2.35. The van der Waals surface area contributed by atoms with Crippen LogP contribution in [0, 0.1) is 6.92 Å². The zero-order valence-corrected chi connectivity index (χ0v) is 21.5. The molecule has 0 unspecified atom stereocenters. The van der Waals surface area contributed by atoms with Gasteiger partial charge in [-0.15, -0.1) is 0 Å². The SMILES string of the molecule is Cc1ccc(CC(N)=O)c(CCc2nc(Nc3ccc(C4CCN(C(=O)O)CC4)cc3)ncc2C(F)(F)F)c1. The van der Waals surface area contributed by atoms with Crippen LogP contribution >= 0.6 is 0 Å². The van der Waals surface area contributed by atoms with E-state index in [2.05, 4.69) is 15.3 Å². The lowest BCUT2D eigenvalue weighted by atomic mass is 9.89. The minimum atomic E-state index is -4.62. The summed E-state index contributed by atoms with van der Waals surface area (Å²) in [6.45, 7) is 2.83. The third kappa shape index (κ3) is 7.24. The Bertz CT molecular complexity index is 1340. The molecule has 39 heavy (non-hydrogen) atoms. The van der Waals surface area contributed by atoms with Crippen LogP contribution in [0.3, 0.4) is 0 Å². The Hall–Kier alpha value is -4.15. The van der Waals surface area contributed by atoms with E-state index in [1.165, 1.54) is 4.90 Å². The molecular formula is C28H30F3N5O3. The van der Waals surface area contributed by atoms with Crippen LogP contribution in [-0.4, -0.2) is 45.1 Å². The lowest BCUT2D eigenvalue weighted by Crippen LogP contribution is -2.36. The van der Waals surface area contributed by atoms with Crippen molar-refractivity contribution in [2.75, 3.05) is 18.4 Å². The van der Waals surface area contributed by atoms with E-state index in [0.29, 0.717) is 24.3 Å². The number of aryl methyl sites for hydroxylation is 3. The number of piperidine rings is 1. The summed E-state index contributed by atoms with van der Waals surface area (Å²) in [5.41, 5.74) is 8.35. The number of amides is 2. The summed E-state index contributed by atoms with van der Waals surface area (Å²) in [5, 5.41) is 12.1. The molecule has 1 aliphatic rings. The number of hydrogen-bond acceptors (Lipinski definition) is 5. The first-order valence-electron chi connectivity index (χ1n) is 12.6. The maximum atomic E-state index is 13.7. The number of hydrogen-bond donors (Lipinski definition) is 3. The summed E-state index contributed by atoms with van der Waals surface area (Å²) >= 11 is 0. The van der Waals surface area contributed by atoms with Crippen molar-refractivity contribution >= 4 is 23.6 Å². The first-order valence-corrected chi connectivity index (χ1v) is 12.6. The molecule has 11 heteroatoms. The molecule has 1 aliphatic heterocycles. The molecule has 0 spiro atoms. The predicted octanol–water partition coefficient (Wildman–Crippen LogP) is 5.22. The fourth-order valence-electron chi connectivity index (χ4n) is 4.88. The van der Waals surface area contributed by atoms with E-state index in [1.54, 1.807) is 6.07 Å². The predicted molar refractivity (Wildman–Crippen MR) is 140 cm³/mol. The topological polar surface area (TPSA) is 121 Å². The van der Waals surface area contributed by atoms with Crippen molar-refractivity contribution in [3.8, 4) is 0 Å². The Kier molecular flexibility index (Phi) is 8.37. The molecule has 0 bridgehead atoms. The number of carbonyl (C=O) groups excluding carboxylic acids is 1. The van der Waals surface area contributed by atoms with Crippen molar-refractivity contribution < 1.29 is 27.9 Å². The quantitative estimate of drug-likeness (QED) is 0.360. The summed E-state index contributed by atoms with van der Waals surface area (Å²) in [6.07, 6.45) is -3.03. The van der Waals surface area contributed by atoms with Gasteiger partial charge in [0, 0.05) is 25.0 Å². The number of anilines is 2. The van der Waals surface area contributed by atoms with Crippen molar-refractivity contribution in [3.05, 3.63) is 82.2 Å². The molecule has 3 aromatic rings. The molecule has 2 heterocycles. The summed E-state index contributed by atoms with van der Waals surface area (Å²) < 4.78 is 41.2. The molecular weight excluding hydrogens is 511 g/mol. The maximum Gasteiger partial charge on any atom is 0.419 e. The first-order chi connectivity index (χ1) is 18.5. The lowest BCUT2D eigenvalue weighted by Gasteiger charge is -2.30. The van der Waals surface area contributed by atoms with Crippen LogP contribution in [0.4, 0.5) is 29.6 Å². The van der Waals surface area contributed by atoms with Crippen molar-refractivity contribution in [1.29, 1.82) is 0 Å². The Labute approximate surface area is 224 Å². The largest absolute Gasteiger partial charge is 0.465 e. The summed E-state index contributed by atoms with van der Waals surface area (Å²) in [6, 6.07) is 12.9. The number of carboxylic acid groups (broad SMARTS) is 1. The number of benzene rings is 2. The zero-order valence-electron chi connectivity index (χ0n) is 21.5. The van der Waals surface area contributed by atoms with Gasteiger partial charge in [0.05, 0.1) is 17.7 Å². The van der Waals surface area contributed by atoms with E-state index in [9.17, 15) is 22.8 Å². The van der Waals surface area contributed by atoms with E-state index in [1.807, 2.05) is 43.3 Å². The summed E-state index contributed by atoms with van der Waals surface area (Å²) in [7, 11) is 0. The molecule has 1 fully saturated rings. The third-order valence-electron chi connectivity index (χ3n) is 6.93. The van der Waals surface area contributed by atoms with Crippen molar-refractivity contribution in [2.24, 2.45) is 5.73 Å². The van der Waals surface area contributed by atoms with E-state index in [4.69, 9.17) is 10.8 Å². The van der Waals surface area contributed by atoms with Crippen LogP contribution in [0.15, 0.2) is 48.7 Å². The van der Waals surface area contributed by atoms with Crippen LogP contribution < -0.4 is 11.1 Å². The highest BCUT2D eigenvalue weighted by atomic mass is 19.4. The van der Waals surface area contributed by atoms with Crippen molar-refractivity contribution in [1.82, 2.24) is 14.9 Å². The molecule has 0 saturated carbocycles. The van der Waals surface area contributed by atoms with Gasteiger partial charge in [0.15, 0.2) is 0 Å². The van der Waals surface area contributed by atoms with Gasteiger partial charge in [0.2, 0.25) is 11.9 Å². The van der Waals surface area contributed by atoms with Gasteiger partial charge >= 0.3 is 12.3 Å². The number of likely N-dealkylation sites (tertiary alicyclic amines) is 1. The number of halogens is 3. The van der Waals surface area contributed by atoms with Crippen molar-refractivity contribution in [3.63, 3.8) is 0 Å². The fourth-order valence-corrected chi connectivity index (χ4v) is 4.88. The number of nitrogens with two attached hydrogens (primary N) is 1. The number of nitrogens with zero attached hydrogens (tertiary/aromatic N) is 3. The average molecular weight is 542 g/mol. The number of aromatic nitrogens is 2. The molecule has 0 aliphatic carbocycles. The summed E-state index contributed by atoms with van der Waals surface area (Å²) in [4.78, 5) is 32.1.